The van der Waals surface area contributed by atoms with Crippen molar-refractivity contribution in [2.45, 2.75) is 39.0 Å². The molecule has 2 rings (SSSR count). The number of phenolic OH excluding ortho intramolecular Hbond substituents is 1. The molecule has 0 spiro atoms. The summed E-state index contributed by atoms with van der Waals surface area (Å²) in [5, 5.41) is 10.1. The number of phenols is 1. The molecular formula is C17H22N2O3. The van der Waals surface area contributed by atoms with Crippen molar-refractivity contribution in [1.82, 2.24) is 9.97 Å². The Labute approximate surface area is 130 Å². The van der Waals surface area contributed by atoms with Crippen molar-refractivity contribution in [3.05, 3.63) is 40.3 Å². The van der Waals surface area contributed by atoms with E-state index in [0.29, 0.717) is 17.1 Å². The van der Waals surface area contributed by atoms with Gasteiger partial charge in [0.15, 0.2) is 0 Å². The molecule has 0 amide bonds. The highest BCUT2D eigenvalue weighted by Crippen LogP contribution is 2.36. The first-order valence-electron chi connectivity index (χ1n) is 7.43. The average molecular weight is 302 g/mol. The number of nitrogens with zero attached hydrogens (tertiary/aromatic N) is 1. The summed E-state index contributed by atoms with van der Waals surface area (Å²) in [6, 6.07) is 6.48. The number of aromatic nitrogens is 2. The van der Waals surface area contributed by atoms with Crippen LogP contribution in [0.1, 0.15) is 39.3 Å². The van der Waals surface area contributed by atoms with Gasteiger partial charge in [0.05, 0.1) is 12.8 Å². The minimum absolute atomic E-state index is 0.0225. The summed E-state index contributed by atoms with van der Waals surface area (Å²) in [5.41, 5.74) is 0.708. The summed E-state index contributed by atoms with van der Waals surface area (Å²) in [5.74, 6) is 0.815. The smallest absolute Gasteiger partial charge is 0.251 e. The van der Waals surface area contributed by atoms with Crippen molar-refractivity contribution in [1.29, 1.82) is 0 Å². The van der Waals surface area contributed by atoms with Crippen molar-refractivity contribution in [2.75, 3.05) is 7.11 Å². The predicted molar refractivity (Wildman–Crippen MR) is 86.4 cm³/mol. The highest BCUT2D eigenvalue weighted by atomic mass is 16.5. The number of methoxy groups -OCH3 is 1. The maximum Gasteiger partial charge on any atom is 0.251 e. The van der Waals surface area contributed by atoms with E-state index in [4.69, 9.17) is 4.74 Å². The maximum atomic E-state index is 12.1. The summed E-state index contributed by atoms with van der Waals surface area (Å²) in [7, 11) is 1.52. The number of hydrogen-bond acceptors (Lipinski definition) is 4. The van der Waals surface area contributed by atoms with E-state index < -0.39 is 0 Å². The van der Waals surface area contributed by atoms with Crippen LogP contribution in [0.2, 0.25) is 0 Å². The van der Waals surface area contributed by atoms with Crippen LogP contribution in [0.15, 0.2) is 29.1 Å². The molecule has 0 saturated heterocycles. The van der Waals surface area contributed by atoms with Gasteiger partial charge in [-0.3, -0.25) is 4.79 Å². The Balaban J connectivity index is 2.69. The Morgan fingerprint density at radius 2 is 2.00 bits per heavy atom. The van der Waals surface area contributed by atoms with Gasteiger partial charge in [-0.2, -0.15) is 0 Å². The lowest BCUT2D eigenvalue weighted by atomic mass is 9.81. The zero-order chi connectivity index (χ0) is 16.3. The molecule has 0 saturated carbocycles. The first-order chi connectivity index (χ1) is 10.4. The van der Waals surface area contributed by atoms with Crippen molar-refractivity contribution in [3.8, 4) is 22.9 Å². The Bertz CT molecular complexity index is 718. The second-order valence-electron chi connectivity index (χ2n) is 5.60. The van der Waals surface area contributed by atoms with Crippen LogP contribution in [-0.2, 0) is 5.41 Å². The summed E-state index contributed by atoms with van der Waals surface area (Å²) in [6.45, 7) is 6.24. The van der Waals surface area contributed by atoms with Crippen molar-refractivity contribution in [3.63, 3.8) is 0 Å². The van der Waals surface area contributed by atoms with E-state index in [0.717, 1.165) is 18.5 Å². The molecule has 0 bridgehead atoms. The van der Waals surface area contributed by atoms with E-state index in [2.05, 4.69) is 30.7 Å². The minimum atomic E-state index is -0.238. The van der Waals surface area contributed by atoms with Crippen LogP contribution in [0, 0.1) is 0 Å². The van der Waals surface area contributed by atoms with E-state index in [1.54, 1.807) is 18.2 Å². The third kappa shape index (κ3) is 2.84. The van der Waals surface area contributed by atoms with Gasteiger partial charge in [-0.05, 0) is 25.0 Å². The lowest BCUT2D eigenvalue weighted by Crippen LogP contribution is -2.25. The van der Waals surface area contributed by atoms with Gasteiger partial charge in [0.2, 0.25) is 0 Å². The quantitative estimate of drug-likeness (QED) is 0.889. The van der Waals surface area contributed by atoms with Crippen LogP contribution in [0.5, 0.6) is 11.5 Å². The largest absolute Gasteiger partial charge is 0.507 e. The summed E-state index contributed by atoms with van der Waals surface area (Å²) in [4.78, 5) is 19.3. The number of rotatable bonds is 5. The Kier molecular flexibility index (Phi) is 4.54. The molecule has 5 heteroatoms. The molecule has 22 heavy (non-hydrogen) atoms. The molecule has 2 aromatic rings. The number of benzene rings is 1. The second-order valence-corrected chi connectivity index (χ2v) is 5.60. The number of ether oxygens (including phenoxy) is 1. The van der Waals surface area contributed by atoms with Gasteiger partial charge in [0.1, 0.15) is 22.9 Å². The van der Waals surface area contributed by atoms with Crippen LogP contribution in [0.25, 0.3) is 11.4 Å². The lowest BCUT2D eigenvalue weighted by Gasteiger charge is -2.26. The Morgan fingerprint density at radius 3 is 2.59 bits per heavy atom. The van der Waals surface area contributed by atoms with Crippen LogP contribution >= 0.6 is 0 Å². The monoisotopic (exact) mass is 302 g/mol. The molecule has 0 fully saturated rings. The number of nitrogens with one attached hydrogen (secondary N) is 1. The fourth-order valence-electron chi connectivity index (χ4n) is 2.43. The molecule has 0 atom stereocenters. The summed E-state index contributed by atoms with van der Waals surface area (Å²) >= 11 is 0. The Hall–Kier alpha value is -2.30. The molecule has 1 aromatic heterocycles. The van der Waals surface area contributed by atoms with Gasteiger partial charge >= 0.3 is 0 Å². The van der Waals surface area contributed by atoms with Crippen molar-refractivity contribution < 1.29 is 9.84 Å². The molecule has 0 unspecified atom stereocenters. The third-order valence-electron chi connectivity index (χ3n) is 4.38. The van der Waals surface area contributed by atoms with Gasteiger partial charge in [-0.1, -0.05) is 26.8 Å². The number of aromatic amines is 1. The van der Waals surface area contributed by atoms with Crippen molar-refractivity contribution in [2.24, 2.45) is 0 Å². The molecule has 118 valence electrons. The lowest BCUT2D eigenvalue weighted by molar-refractivity contribution is 0.408. The summed E-state index contributed by atoms with van der Waals surface area (Å²) in [6.07, 6.45) is 1.74. The van der Waals surface area contributed by atoms with E-state index >= 15 is 0 Å². The topological polar surface area (TPSA) is 75.2 Å². The molecular weight excluding hydrogens is 280 g/mol. The zero-order valence-corrected chi connectivity index (χ0v) is 13.4. The number of H-pyrrole nitrogens is 1. The normalized spacial score (nSPS) is 11.5. The van der Waals surface area contributed by atoms with Crippen LogP contribution in [0.3, 0.4) is 0 Å². The standard InChI is InChI=1S/C17H22N2O3/c1-5-17(3,6-2)13-10-14(21)19-16(18-13)15-11(20)8-7-9-12(15)22-4/h7-10,20H,5-6H2,1-4H3,(H,18,19,21). The van der Waals surface area contributed by atoms with E-state index in [1.807, 2.05) is 0 Å². The fourth-order valence-corrected chi connectivity index (χ4v) is 2.43. The SMILES string of the molecule is CCC(C)(CC)c1cc(=O)[nH]c(-c2c(O)cccc2OC)n1. The molecule has 1 heterocycles. The van der Waals surface area contributed by atoms with Crippen molar-refractivity contribution >= 4 is 0 Å². The van der Waals surface area contributed by atoms with Gasteiger partial charge in [0, 0.05) is 11.5 Å². The zero-order valence-electron chi connectivity index (χ0n) is 13.4. The van der Waals surface area contributed by atoms with Gasteiger partial charge < -0.3 is 14.8 Å². The first kappa shape index (κ1) is 16.1. The van der Waals surface area contributed by atoms with Crippen LogP contribution < -0.4 is 10.3 Å². The highest BCUT2D eigenvalue weighted by Gasteiger charge is 2.26. The van der Waals surface area contributed by atoms with Gasteiger partial charge in [-0.15, -0.1) is 0 Å². The average Bonchev–Trinajstić information content (AvgIpc) is 2.53. The Morgan fingerprint density at radius 1 is 1.32 bits per heavy atom. The minimum Gasteiger partial charge on any atom is -0.507 e. The molecule has 1 aromatic carbocycles. The molecule has 5 nitrogen and oxygen atoms in total. The fraction of sp³-hybridized carbons (Fsp3) is 0.412. The molecule has 0 aliphatic heterocycles. The first-order valence-corrected chi connectivity index (χ1v) is 7.43. The van der Waals surface area contributed by atoms with Gasteiger partial charge in [-0.25, -0.2) is 4.98 Å². The maximum absolute atomic E-state index is 12.1. The summed E-state index contributed by atoms with van der Waals surface area (Å²) < 4.78 is 5.28. The van der Waals surface area contributed by atoms with Crippen LogP contribution in [0.4, 0.5) is 0 Å². The van der Waals surface area contributed by atoms with Crippen LogP contribution in [-0.4, -0.2) is 22.2 Å². The molecule has 0 radical (unpaired) electrons. The highest BCUT2D eigenvalue weighted by molar-refractivity contribution is 5.71. The van der Waals surface area contributed by atoms with E-state index in [9.17, 15) is 9.90 Å². The number of aromatic hydroxyl groups is 1. The molecule has 0 aliphatic rings. The van der Waals surface area contributed by atoms with E-state index in [1.165, 1.54) is 13.2 Å². The molecule has 2 N–H and O–H groups in total. The number of hydrogen-bond donors (Lipinski definition) is 2. The third-order valence-corrected chi connectivity index (χ3v) is 4.38. The van der Waals surface area contributed by atoms with E-state index in [-0.39, 0.29) is 16.7 Å². The van der Waals surface area contributed by atoms with Gasteiger partial charge in [0.25, 0.3) is 5.56 Å². The molecule has 0 aliphatic carbocycles. The second kappa shape index (κ2) is 6.22. The predicted octanol–water partition coefficient (Wildman–Crippen LogP) is 3.23.